The van der Waals surface area contributed by atoms with Gasteiger partial charge in [-0.15, -0.1) is 0 Å². The van der Waals surface area contributed by atoms with E-state index in [1.54, 1.807) is 13.8 Å². The molecule has 3 aliphatic rings. The number of amides is 1. The minimum absolute atomic E-state index is 0.0327. The van der Waals surface area contributed by atoms with Crippen LogP contribution in [0.2, 0.25) is 0 Å². The number of sulfonamides is 1. The van der Waals surface area contributed by atoms with Gasteiger partial charge in [0.15, 0.2) is 0 Å². The zero-order valence-corrected chi connectivity index (χ0v) is 20.2. The Bertz CT molecular complexity index is 1020. The summed E-state index contributed by atoms with van der Waals surface area (Å²) in [5.74, 6) is -0.707. The maximum absolute atomic E-state index is 13.3. The van der Waals surface area contributed by atoms with Crippen LogP contribution < -0.4 is 5.32 Å². The highest BCUT2D eigenvalue weighted by molar-refractivity contribution is 7.89. The monoisotopic (exact) mass is 475 g/mol. The molecular formula is C24H33N3O5S. The van der Waals surface area contributed by atoms with E-state index in [2.05, 4.69) is 22.3 Å². The predicted octanol–water partition coefficient (Wildman–Crippen LogP) is 1.82. The SMILES string of the molecule is CCS(=O)(=O)N1CCC2(CC1)OC(=O)C(C)=C2C(=O)NC1CCN(Cc2ccccc2)CC1. The summed E-state index contributed by atoms with van der Waals surface area (Å²) in [5, 5.41) is 3.13. The second-order valence-electron chi connectivity index (χ2n) is 9.19. The van der Waals surface area contributed by atoms with Crippen LogP contribution in [0.15, 0.2) is 41.5 Å². The van der Waals surface area contributed by atoms with Crippen LogP contribution in [-0.4, -0.2) is 73.1 Å². The molecule has 0 aromatic heterocycles. The van der Waals surface area contributed by atoms with E-state index < -0.39 is 21.6 Å². The zero-order valence-electron chi connectivity index (χ0n) is 19.4. The zero-order chi connectivity index (χ0) is 23.6. The molecule has 2 saturated heterocycles. The highest BCUT2D eigenvalue weighted by atomic mass is 32.2. The third kappa shape index (κ3) is 5.00. The lowest BCUT2D eigenvalue weighted by atomic mass is 9.83. The second kappa shape index (κ2) is 9.56. The summed E-state index contributed by atoms with van der Waals surface area (Å²) in [4.78, 5) is 28.1. The summed E-state index contributed by atoms with van der Waals surface area (Å²) in [6.07, 6.45) is 2.28. The molecule has 1 aromatic carbocycles. The minimum atomic E-state index is -3.31. The lowest BCUT2D eigenvalue weighted by Gasteiger charge is -2.39. The van der Waals surface area contributed by atoms with Gasteiger partial charge in [-0.05, 0) is 32.3 Å². The third-order valence-corrected chi connectivity index (χ3v) is 8.99. The fourth-order valence-corrected chi connectivity index (χ4v) is 6.22. The molecule has 180 valence electrons. The van der Waals surface area contributed by atoms with Crippen molar-refractivity contribution in [3.05, 3.63) is 47.0 Å². The van der Waals surface area contributed by atoms with Crippen LogP contribution in [-0.2, 0) is 30.9 Å². The highest BCUT2D eigenvalue weighted by Crippen LogP contribution is 2.41. The number of hydrogen-bond acceptors (Lipinski definition) is 6. The predicted molar refractivity (Wildman–Crippen MR) is 125 cm³/mol. The van der Waals surface area contributed by atoms with E-state index in [0.717, 1.165) is 32.5 Å². The summed E-state index contributed by atoms with van der Waals surface area (Å²) in [6.45, 7) is 6.41. The van der Waals surface area contributed by atoms with E-state index in [9.17, 15) is 18.0 Å². The van der Waals surface area contributed by atoms with Crippen molar-refractivity contribution in [1.29, 1.82) is 0 Å². The van der Waals surface area contributed by atoms with Crippen molar-refractivity contribution in [2.45, 2.75) is 57.7 Å². The lowest BCUT2D eigenvalue weighted by molar-refractivity contribution is -0.150. The molecular weight excluding hydrogens is 442 g/mol. The van der Waals surface area contributed by atoms with Gasteiger partial charge in [-0.1, -0.05) is 30.3 Å². The summed E-state index contributed by atoms with van der Waals surface area (Å²) < 4.78 is 31.6. The smallest absolute Gasteiger partial charge is 0.335 e. The van der Waals surface area contributed by atoms with Crippen molar-refractivity contribution in [3.8, 4) is 0 Å². The van der Waals surface area contributed by atoms with Crippen molar-refractivity contribution in [3.63, 3.8) is 0 Å². The average molecular weight is 476 g/mol. The van der Waals surface area contributed by atoms with Crippen molar-refractivity contribution in [2.75, 3.05) is 31.9 Å². The minimum Gasteiger partial charge on any atom is -0.450 e. The first kappa shape index (κ1) is 23.9. The fourth-order valence-electron chi connectivity index (χ4n) is 5.12. The molecule has 3 heterocycles. The third-order valence-electron chi connectivity index (χ3n) is 7.11. The van der Waals surface area contributed by atoms with Crippen LogP contribution in [0.3, 0.4) is 0 Å². The number of carbonyl (C=O) groups is 2. The number of nitrogens with one attached hydrogen (secondary N) is 1. The first-order valence-corrected chi connectivity index (χ1v) is 13.3. The summed E-state index contributed by atoms with van der Waals surface area (Å²) in [5.41, 5.74) is 0.966. The van der Waals surface area contributed by atoms with Crippen LogP contribution in [0, 0.1) is 0 Å². The Morgan fingerprint density at radius 3 is 2.36 bits per heavy atom. The Kier molecular flexibility index (Phi) is 6.93. The number of esters is 1. The number of piperidine rings is 2. The number of likely N-dealkylation sites (tertiary alicyclic amines) is 1. The van der Waals surface area contributed by atoms with Crippen LogP contribution in [0.4, 0.5) is 0 Å². The Hall–Kier alpha value is -2.23. The van der Waals surface area contributed by atoms with Crippen LogP contribution >= 0.6 is 0 Å². The van der Waals surface area contributed by atoms with E-state index >= 15 is 0 Å². The normalized spacial score (nSPS) is 22.5. The molecule has 2 fully saturated rings. The van der Waals surface area contributed by atoms with Crippen molar-refractivity contribution in [2.24, 2.45) is 0 Å². The van der Waals surface area contributed by atoms with E-state index in [4.69, 9.17) is 4.74 Å². The van der Waals surface area contributed by atoms with Gasteiger partial charge in [0.05, 0.1) is 11.3 Å². The Morgan fingerprint density at radius 2 is 1.76 bits per heavy atom. The van der Waals surface area contributed by atoms with Gasteiger partial charge in [0.1, 0.15) is 5.60 Å². The molecule has 33 heavy (non-hydrogen) atoms. The number of carbonyl (C=O) groups excluding carboxylic acids is 2. The molecule has 9 heteroatoms. The Balaban J connectivity index is 1.37. The van der Waals surface area contributed by atoms with Gasteiger partial charge in [-0.2, -0.15) is 0 Å². The summed E-state index contributed by atoms with van der Waals surface area (Å²) in [6, 6.07) is 10.4. The molecule has 1 N–H and O–H groups in total. The van der Waals surface area contributed by atoms with Gasteiger partial charge >= 0.3 is 5.97 Å². The summed E-state index contributed by atoms with van der Waals surface area (Å²) >= 11 is 0. The number of nitrogens with zero attached hydrogens (tertiary/aromatic N) is 2. The number of hydrogen-bond donors (Lipinski definition) is 1. The van der Waals surface area contributed by atoms with E-state index in [-0.39, 0.29) is 30.8 Å². The Morgan fingerprint density at radius 1 is 1.12 bits per heavy atom. The van der Waals surface area contributed by atoms with Crippen LogP contribution in [0.25, 0.3) is 0 Å². The molecule has 3 aliphatic heterocycles. The molecule has 1 spiro atoms. The van der Waals surface area contributed by atoms with Gasteiger partial charge in [0.25, 0.3) is 5.91 Å². The molecule has 0 saturated carbocycles. The largest absolute Gasteiger partial charge is 0.450 e. The summed E-state index contributed by atoms with van der Waals surface area (Å²) in [7, 11) is -3.31. The van der Waals surface area contributed by atoms with E-state index in [1.807, 2.05) is 18.2 Å². The molecule has 0 atom stereocenters. The molecule has 4 rings (SSSR count). The van der Waals surface area contributed by atoms with Gasteiger partial charge < -0.3 is 10.1 Å². The van der Waals surface area contributed by atoms with Gasteiger partial charge in [0, 0.05) is 57.2 Å². The fraction of sp³-hybridized carbons (Fsp3) is 0.583. The molecule has 0 unspecified atom stereocenters. The maximum atomic E-state index is 13.3. The topological polar surface area (TPSA) is 96.0 Å². The van der Waals surface area contributed by atoms with Gasteiger partial charge in [-0.3, -0.25) is 9.69 Å². The molecule has 0 radical (unpaired) electrons. The maximum Gasteiger partial charge on any atom is 0.335 e. The van der Waals surface area contributed by atoms with E-state index in [1.165, 1.54) is 9.87 Å². The first-order chi connectivity index (χ1) is 15.7. The van der Waals surface area contributed by atoms with E-state index in [0.29, 0.717) is 24.0 Å². The van der Waals surface area contributed by atoms with Gasteiger partial charge in [-0.25, -0.2) is 17.5 Å². The molecule has 0 bridgehead atoms. The molecule has 8 nitrogen and oxygen atoms in total. The number of benzene rings is 1. The quantitative estimate of drug-likeness (QED) is 0.631. The standard InChI is InChI=1S/C24H33N3O5S/c1-3-33(30,31)27-15-11-24(12-16-27)21(18(2)23(29)32-24)22(28)25-20-9-13-26(14-10-20)17-19-7-5-4-6-8-19/h4-8,20H,3,9-17H2,1-2H3,(H,25,28). The average Bonchev–Trinajstić information content (AvgIpc) is 3.05. The number of ether oxygens (including phenoxy) is 1. The Labute approximate surface area is 196 Å². The molecule has 1 amide bonds. The van der Waals surface area contributed by atoms with Crippen molar-refractivity contribution in [1.82, 2.24) is 14.5 Å². The van der Waals surface area contributed by atoms with Crippen LogP contribution in [0.1, 0.15) is 45.1 Å². The highest BCUT2D eigenvalue weighted by Gasteiger charge is 2.52. The molecule has 1 aromatic rings. The van der Waals surface area contributed by atoms with Gasteiger partial charge in [0.2, 0.25) is 10.0 Å². The van der Waals surface area contributed by atoms with Crippen molar-refractivity contribution >= 4 is 21.9 Å². The van der Waals surface area contributed by atoms with Crippen molar-refractivity contribution < 1.29 is 22.7 Å². The second-order valence-corrected chi connectivity index (χ2v) is 11.5. The van der Waals surface area contributed by atoms with Crippen LogP contribution in [0.5, 0.6) is 0 Å². The first-order valence-electron chi connectivity index (χ1n) is 11.7. The number of rotatable bonds is 6. The molecule has 0 aliphatic carbocycles. The lowest BCUT2D eigenvalue weighted by Crippen LogP contribution is -2.52.